The summed E-state index contributed by atoms with van der Waals surface area (Å²) < 4.78 is 1.97. The summed E-state index contributed by atoms with van der Waals surface area (Å²) in [5.41, 5.74) is 6.58. The van der Waals surface area contributed by atoms with E-state index in [1.54, 1.807) is 18.0 Å². The van der Waals surface area contributed by atoms with Crippen LogP contribution in [0.5, 0.6) is 0 Å². The highest BCUT2D eigenvalue weighted by Crippen LogP contribution is 2.28. The minimum absolute atomic E-state index is 0.168. The Kier molecular flexibility index (Phi) is 7.59. The van der Waals surface area contributed by atoms with Crippen molar-refractivity contribution >= 4 is 35.6 Å². The Morgan fingerprint density at radius 3 is 2.42 bits per heavy atom. The van der Waals surface area contributed by atoms with Gasteiger partial charge in [-0.3, -0.25) is 9.36 Å². The molecule has 166 valence electrons. The van der Waals surface area contributed by atoms with Crippen molar-refractivity contribution in [2.24, 2.45) is 5.10 Å². The summed E-state index contributed by atoms with van der Waals surface area (Å²) >= 11 is 3.00. The highest BCUT2D eigenvalue weighted by atomic mass is 32.2. The van der Waals surface area contributed by atoms with Gasteiger partial charge in [0.1, 0.15) is 0 Å². The summed E-state index contributed by atoms with van der Waals surface area (Å²) in [6, 6.07) is 26.0. The average Bonchev–Trinajstić information content (AvgIpc) is 3.28. The molecular weight excluding hydrogens is 450 g/mol. The number of benzene rings is 3. The maximum absolute atomic E-state index is 12.4. The van der Waals surface area contributed by atoms with Crippen LogP contribution >= 0.6 is 23.5 Å². The number of carbonyl (C=O) groups is 1. The van der Waals surface area contributed by atoms with Crippen molar-refractivity contribution in [3.05, 3.63) is 90.0 Å². The Balaban J connectivity index is 1.46. The molecule has 6 nitrogen and oxygen atoms in total. The number of hydrogen-bond donors (Lipinski definition) is 1. The number of para-hydroxylation sites is 1. The van der Waals surface area contributed by atoms with E-state index in [-0.39, 0.29) is 11.7 Å². The summed E-state index contributed by atoms with van der Waals surface area (Å²) in [7, 11) is 0. The van der Waals surface area contributed by atoms with Crippen LogP contribution in [0, 0.1) is 6.92 Å². The van der Waals surface area contributed by atoms with Gasteiger partial charge in [0.15, 0.2) is 11.0 Å². The third kappa shape index (κ3) is 5.91. The van der Waals surface area contributed by atoms with Crippen molar-refractivity contribution in [3.8, 4) is 17.1 Å². The number of amides is 1. The zero-order valence-corrected chi connectivity index (χ0v) is 19.9. The van der Waals surface area contributed by atoms with Crippen molar-refractivity contribution in [2.45, 2.75) is 17.0 Å². The van der Waals surface area contributed by atoms with Crippen molar-refractivity contribution in [1.29, 1.82) is 0 Å². The fourth-order valence-electron chi connectivity index (χ4n) is 3.09. The van der Waals surface area contributed by atoms with Gasteiger partial charge in [-0.15, -0.1) is 22.0 Å². The van der Waals surface area contributed by atoms with Crippen LogP contribution in [0.2, 0.25) is 0 Å². The van der Waals surface area contributed by atoms with E-state index in [9.17, 15) is 4.79 Å². The predicted octanol–water partition coefficient (Wildman–Crippen LogP) is 5.21. The van der Waals surface area contributed by atoms with E-state index >= 15 is 0 Å². The van der Waals surface area contributed by atoms with E-state index < -0.39 is 0 Å². The van der Waals surface area contributed by atoms with Crippen LogP contribution in [-0.4, -0.2) is 38.9 Å². The molecule has 4 rings (SSSR count). The molecule has 4 aromatic rings. The largest absolute Gasteiger partial charge is 0.272 e. The predicted molar refractivity (Wildman–Crippen MR) is 136 cm³/mol. The number of thioether (sulfide) groups is 2. The lowest BCUT2D eigenvalue weighted by Gasteiger charge is -2.10. The lowest BCUT2D eigenvalue weighted by atomic mass is 10.1. The van der Waals surface area contributed by atoms with E-state index in [2.05, 4.69) is 20.7 Å². The molecule has 8 heteroatoms. The highest BCUT2D eigenvalue weighted by molar-refractivity contribution is 7.99. The van der Waals surface area contributed by atoms with E-state index in [4.69, 9.17) is 0 Å². The van der Waals surface area contributed by atoms with Crippen molar-refractivity contribution in [1.82, 2.24) is 20.2 Å². The second-order valence-corrected chi connectivity index (χ2v) is 9.02. The first-order chi connectivity index (χ1) is 16.1. The van der Waals surface area contributed by atoms with Crippen molar-refractivity contribution in [2.75, 3.05) is 12.0 Å². The SMILES string of the molecule is CSc1ccc(/C=N/NC(=O)CSc2nnc(-c3ccc(C)cc3)n2-c2ccccc2)cc1. The van der Waals surface area contributed by atoms with Gasteiger partial charge in [-0.05, 0) is 43.0 Å². The van der Waals surface area contributed by atoms with Gasteiger partial charge < -0.3 is 0 Å². The molecule has 1 heterocycles. The second kappa shape index (κ2) is 11.0. The molecule has 1 N–H and O–H groups in total. The van der Waals surface area contributed by atoms with Gasteiger partial charge in [-0.2, -0.15) is 5.10 Å². The quantitative estimate of drug-likeness (QED) is 0.216. The van der Waals surface area contributed by atoms with Crippen LogP contribution in [0.4, 0.5) is 0 Å². The first-order valence-electron chi connectivity index (χ1n) is 10.3. The van der Waals surface area contributed by atoms with E-state index in [1.807, 2.05) is 96.6 Å². The van der Waals surface area contributed by atoms with Gasteiger partial charge in [0, 0.05) is 16.1 Å². The number of nitrogens with zero attached hydrogens (tertiary/aromatic N) is 4. The van der Waals surface area contributed by atoms with Crippen molar-refractivity contribution < 1.29 is 4.79 Å². The van der Waals surface area contributed by atoms with Crippen LogP contribution in [-0.2, 0) is 4.79 Å². The van der Waals surface area contributed by atoms with E-state index in [0.29, 0.717) is 5.16 Å². The van der Waals surface area contributed by atoms with Gasteiger partial charge in [-0.1, -0.05) is 71.9 Å². The summed E-state index contributed by atoms with van der Waals surface area (Å²) in [4.78, 5) is 13.5. The first-order valence-corrected chi connectivity index (χ1v) is 12.5. The van der Waals surface area contributed by atoms with Gasteiger partial charge >= 0.3 is 0 Å². The van der Waals surface area contributed by atoms with Crippen LogP contribution < -0.4 is 5.43 Å². The third-order valence-electron chi connectivity index (χ3n) is 4.81. The summed E-state index contributed by atoms with van der Waals surface area (Å²) in [6.07, 6.45) is 3.66. The maximum atomic E-state index is 12.4. The van der Waals surface area contributed by atoms with Crippen LogP contribution in [0.15, 0.2) is 94.0 Å². The fraction of sp³-hybridized carbons (Fsp3) is 0.120. The molecule has 0 saturated carbocycles. The maximum Gasteiger partial charge on any atom is 0.250 e. The van der Waals surface area contributed by atoms with Gasteiger partial charge in [0.2, 0.25) is 0 Å². The molecule has 0 aliphatic heterocycles. The number of aromatic nitrogens is 3. The standard InChI is InChI=1S/C25H23N5OS2/c1-18-8-12-20(13-9-18)24-28-29-25(30(24)21-6-4-3-5-7-21)33-17-23(31)27-26-16-19-10-14-22(32-2)15-11-19/h3-16H,17H2,1-2H3,(H,27,31)/b26-16+. The third-order valence-corrected chi connectivity index (χ3v) is 6.48. The normalized spacial score (nSPS) is 11.1. The fourth-order valence-corrected chi connectivity index (χ4v) is 4.25. The zero-order chi connectivity index (χ0) is 23.0. The molecule has 1 aromatic heterocycles. The lowest BCUT2D eigenvalue weighted by molar-refractivity contribution is -0.118. The second-order valence-electron chi connectivity index (χ2n) is 7.20. The van der Waals surface area contributed by atoms with Gasteiger partial charge in [-0.25, -0.2) is 5.43 Å². The Bertz CT molecular complexity index is 1240. The number of carbonyl (C=O) groups excluding carboxylic acids is 1. The Morgan fingerprint density at radius 2 is 1.73 bits per heavy atom. The lowest BCUT2D eigenvalue weighted by Crippen LogP contribution is -2.20. The Morgan fingerprint density at radius 1 is 1.00 bits per heavy atom. The van der Waals surface area contributed by atoms with Crippen LogP contribution in [0.3, 0.4) is 0 Å². The van der Waals surface area contributed by atoms with E-state index in [0.717, 1.165) is 22.6 Å². The molecule has 0 fully saturated rings. The molecule has 0 aliphatic carbocycles. The molecule has 3 aromatic carbocycles. The molecule has 0 aliphatic rings. The summed E-state index contributed by atoms with van der Waals surface area (Å²) in [6.45, 7) is 2.05. The molecule has 0 spiro atoms. The van der Waals surface area contributed by atoms with Crippen LogP contribution in [0.1, 0.15) is 11.1 Å². The van der Waals surface area contributed by atoms with E-state index in [1.165, 1.54) is 22.2 Å². The molecule has 0 saturated heterocycles. The number of nitrogens with one attached hydrogen (secondary N) is 1. The number of hydrazone groups is 1. The Labute approximate surface area is 201 Å². The van der Waals surface area contributed by atoms with Crippen LogP contribution in [0.25, 0.3) is 17.1 Å². The average molecular weight is 474 g/mol. The molecule has 0 radical (unpaired) electrons. The molecule has 33 heavy (non-hydrogen) atoms. The Hall–Kier alpha value is -3.36. The highest BCUT2D eigenvalue weighted by Gasteiger charge is 2.17. The smallest absolute Gasteiger partial charge is 0.250 e. The topological polar surface area (TPSA) is 72.2 Å². The molecule has 0 atom stereocenters. The zero-order valence-electron chi connectivity index (χ0n) is 18.3. The minimum atomic E-state index is -0.212. The first kappa shape index (κ1) is 22.8. The molecule has 0 bridgehead atoms. The molecular formula is C25H23N5OS2. The number of rotatable bonds is 8. The summed E-state index contributed by atoms with van der Waals surface area (Å²) in [5.74, 6) is 0.689. The minimum Gasteiger partial charge on any atom is -0.272 e. The van der Waals surface area contributed by atoms with Gasteiger partial charge in [0.05, 0.1) is 12.0 Å². The van der Waals surface area contributed by atoms with Gasteiger partial charge in [0.25, 0.3) is 5.91 Å². The number of hydrogen-bond acceptors (Lipinski definition) is 6. The molecule has 0 unspecified atom stereocenters. The summed E-state index contributed by atoms with van der Waals surface area (Å²) in [5, 5.41) is 13.5. The monoisotopic (exact) mass is 473 g/mol. The molecule has 1 amide bonds. The van der Waals surface area contributed by atoms with Crippen molar-refractivity contribution in [3.63, 3.8) is 0 Å². The number of aryl methyl sites for hydroxylation is 1.